The molecule has 0 bridgehead atoms. The number of carbonyl (C=O) groups excluding carboxylic acids is 1. The molecular formula is C13H15BrFNO. The van der Waals surface area contributed by atoms with Crippen molar-refractivity contribution in [2.24, 2.45) is 5.73 Å². The molecule has 1 aliphatic rings. The minimum atomic E-state index is -0.340. The van der Waals surface area contributed by atoms with Crippen molar-refractivity contribution in [1.82, 2.24) is 0 Å². The van der Waals surface area contributed by atoms with Gasteiger partial charge in [0.15, 0.2) is 0 Å². The highest BCUT2D eigenvalue weighted by Crippen LogP contribution is 2.32. The van der Waals surface area contributed by atoms with Gasteiger partial charge in [0.25, 0.3) is 0 Å². The van der Waals surface area contributed by atoms with Gasteiger partial charge in [0, 0.05) is 22.9 Å². The van der Waals surface area contributed by atoms with Crippen molar-refractivity contribution in [1.29, 1.82) is 0 Å². The number of halogens is 2. The van der Waals surface area contributed by atoms with Gasteiger partial charge >= 0.3 is 0 Å². The Morgan fingerprint density at radius 2 is 2.18 bits per heavy atom. The molecule has 17 heavy (non-hydrogen) atoms. The lowest BCUT2D eigenvalue weighted by Gasteiger charge is -2.37. The molecule has 0 heterocycles. The summed E-state index contributed by atoms with van der Waals surface area (Å²) in [5.41, 5.74) is 6.13. The predicted octanol–water partition coefficient (Wildman–Crippen LogP) is 2.97. The van der Waals surface area contributed by atoms with E-state index >= 15 is 0 Å². The average Bonchev–Trinajstić information content (AvgIpc) is 2.20. The summed E-state index contributed by atoms with van der Waals surface area (Å²) in [6, 6.07) is 4.76. The van der Waals surface area contributed by atoms with Crippen molar-refractivity contribution in [2.45, 2.75) is 37.6 Å². The molecule has 0 aliphatic heterocycles. The molecule has 0 spiro atoms. The van der Waals surface area contributed by atoms with Gasteiger partial charge in [-0.1, -0.05) is 22.0 Å². The van der Waals surface area contributed by atoms with Crippen LogP contribution in [-0.2, 0) is 11.2 Å². The third-order valence-corrected chi connectivity index (χ3v) is 3.79. The van der Waals surface area contributed by atoms with E-state index in [1.165, 1.54) is 6.07 Å². The molecule has 0 saturated heterocycles. The van der Waals surface area contributed by atoms with Gasteiger partial charge in [-0.25, -0.2) is 4.39 Å². The summed E-state index contributed by atoms with van der Waals surface area (Å²) in [4.78, 5) is 11.8. The highest BCUT2D eigenvalue weighted by molar-refractivity contribution is 9.10. The van der Waals surface area contributed by atoms with Crippen LogP contribution in [0.3, 0.4) is 0 Å². The Balaban J connectivity index is 1.98. The highest BCUT2D eigenvalue weighted by Gasteiger charge is 2.34. The minimum Gasteiger partial charge on any atom is -0.325 e. The second-order valence-electron chi connectivity index (χ2n) is 4.84. The first kappa shape index (κ1) is 12.7. The smallest absolute Gasteiger partial charge is 0.139 e. The number of hydrogen-bond acceptors (Lipinski definition) is 2. The van der Waals surface area contributed by atoms with E-state index < -0.39 is 0 Å². The first-order valence-electron chi connectivity index (χ1n) is 5.73. The number of rotatable bonds is 4. The summed E-state index contributed by atoms with van der Waals surface area (Å²) in [5.74, 6) is -0.319. The zero-order valence-corrected chi connectivity index (χ0v) is 11.1. The van der Waals surface area contributed by atoms with Crippen molar-refractivity contribution in [3.8, 4) is 0 Å². The maximum absolute atomic E-state index is 13.5. The van der Waals surface area contributed by atoms with Crippen LogP contribution in [0.25, 0.3) is 0 Å². The molecular weight excluding hydrogens is 285 g/mol. The van der Waals surface area contributed by atoms with Crippen LogP contribution in [0.1, 0.15) is 31.2 Å². The predicted molar refractivity (Wildman–Crippen MR) is 68.2 cm³/mol. The van der Waals surface area contributed by atoms with Crippen LogP contribution in [0.4, 0.5) is 4.39 Å². The Kier molecular flexibility index (Phi) is 3.64. The van der Waals surface area contributed by atoms with Crippen molar-refractivity contribution >= 4 is 21.7 Å². The molecule has 4 heteroatoms. The lowest BCUT2D eigenvalue weighted by atomic mass is 9.74. The van der Waals surface area contributed by atoms with Crippen LogP contribution in [0.5, 0.6) is 0 Å². The normalized spacial score (nSPS) is 17.6. The van der Waals surface area contributed by atoms with Gasteiger partial charge in [0.2, 0.25) is 0 Å². The largest absolute Gasteiger partial charge is 0.325 e. The average molecular weight is 300 g/mol. The zero-order valence-electron chi connectivity index (χ0n) is 9.51. The number of nitrogens with two attached hydrogens (primary N) is 1. The van der Waals surface area contributed by atoms with Crippen LogP contribution in [0, 0.1) is 5.82 Å². The quantitative estimate of drug-likeness (QED) is 0.929. The molecule has 0 radical (unpaired) electrons. The fraction of sp³-hybridized carbons (Fsp3) is 0.462. The molecule has 1 fully saturated rings. The highest BCUT2D eigenvalue weighted by atomic mass is 79.9. The number of Topliss-reactive ketones (excluding diaryl/α,β-unsaturated/α-hetero) is 1. The third-order valence-electron chi connectivity index (χ3n) is 3.30. The summed E-state index contributed by atoms with van der Waals surface area (Å²) >= 11 is 3.19. The van der Waals surface area contributed by atoms with Crippen molar-refractivity contribution in [3.63, 3.8) is 0 Å². The van der Waals surface area contributed by atoms with Crippen molar-refractivity contribution in [3.05, 3.63) is 34.1 Å². The van der Waals surface area contributed by atoms with E-state index in [0.29, 0.717) is 16.5 Å². The molecule has 0 atom stereocenters. The van der Waals surface area contributed by atoms with E-state index in [9.17, 15) is 9.18 Å². The lowest BCUT2D eigenvalue weighted by Crippen LogP contribution is -2.48. The Morgan fingerprint density at radius 1 is 1.47 bits per heavy atom. The molecule has 0 amide bonds. The molecule has 0 unspecified atom stereocenters. The maximum atomic E-state index is 13.5. The first-order chi connectivity index (χ1) is 7.98. The van der Waals surface area contributed by atoms with Gasteiger partial charge < -0.3 is 5.73 Å². The van der Waals surface area contributed by atoms with E-state index in [1.807, 2.05) is 0 Å². The summed E-state index contributed by atoms with van der Waals surface area (Å²) in [5, 5.41) is 0. The standard InChI is InChI=1S/C13H15BrFNO/c14-10-3-2-9(12(15)7-10)6-11(17)8-13(16)4-1-5-13/h2-3,7H,1,4-6,8,16H2. The Labute approximate surface area is 109 Å². The van der Waals surface area contributed by atoms with Crippen LogP contribution < -0.4 is 5.73 Å². The van der Waals surface area contributed by atoms with Crippen LogP contribution >= 0.6 is 15.9 Å². The Hall–Kier alpha value is -0.740. The molecule has 1 aliphatic carbocycles. The number of ketones is 1. The van der Waals surface area contributed by atoms with E-state index in [2.05, 4.69) is 15.9 Å². The molecule has 2 nitrogen and oxygen atoms in total. The lowest BCUT2D eigenvalue weighted by molar-refractivity contribution is -0.120. The zero-order chi connectivity index (χ0) is 12.5. The van der Waals surface area contributed by atoms with Gasteiger partial charge in [0.05, 0.1) is 0 Å². The summed E-state index contributed by atoms with van der Waals surface area (Å²) in [6.45, 7) is 0. The Morgan fingerprint density at radius 3 is 2.71 bits per heavy atom. The molecule has 1 aromatic rings. The van der Waals surface area contributed by atoms with E-state index in [1.54, 1.807) is 12.1 Å². The fourth-order valence-corrected chi connectivity index (χ4v) is 2.47. The number of carbonyl (C=O) groups is 1. The SMILES string of the molecule is NC1(CC(=O)Cc2ccc(Br)cc2F)CCC1. The Bertz CT molecular complexity index is 443. The third kappa shape index (κ3) is 3.13. The molecule has 2 N–H and O–H groups in total. The van der Waals surface area contributed by atoms with E-state index in [-0.39, 0.29) is 23.6 Å². The maximum Gasteiger partial charge on any atom is 0.139 e. The van der Waals surface area contributed by atoms with Gasteiger partial charge in [-0.15, -0.1) is 0 Å². The topological polar surface area (TPSA) is 43.1 Å². The second kappa shape index (κ2) is 4.86. The second-order valence-corrected chi connectivity index (χ2v) is 5.76. The number of benzene rings is 1. The molecule has 92 valence electrons. The molecule has 1 saturated carbocycles. The molecule has 2 rings (SSSR count). The van der Waals surface area contributed by atoms with Crippen molar-refractivity contribution in [2.75, 3.05) is 0 Å². The van der Waals surface area contributed by atoms with Gasteiger partial charge in [0.1, 0.15) is 11.6 Å². The van der Waals surface area contributed by atoms with E-state index in [0.717, 1.165) is 19.3 Å². The van der Waals surface area contributed by atoms with Crippen molar-refractivity contribution < 1.29 is 9.18 Å². The van der Waals surface area contributed by atoms with Gasteiger partial charge in [-0.3, -0.25) is 4.79 Å². The van der Waals surface area contributed by atoms with E-state index in [4.69, 9.17) is 5.73 Å². The monoisotopic (exact) mass is 299 g/mol. The fourth-order valence-electron chi connectivity index (χ4n) is 2.14. The molecule has 0 aromatic heterocycles. The summed E-state index contributed by atoms with van der Waals surface area (Å²) in [7, 11) is 0. The minimum absolute atomic E-state index is 0.0217. The van der Waals surface area contributed by atoms with Gasteiger partial charge in [-0.05, 0) is 37.0 Å². The molecule has 1 aromatic carbocycles. The van der Waals surface area contributed by atoms with Crippen LogP contribution in [0.2, 0.25) is 0 Å². The number of hydrogen-bond donors (Lipinski definition) is 1. The van der Waals surface area contributed by atoms with Crippen LogP contribution in [-0.4, -0.2) is 11.3 Å². The van der Waals surface area contributed by atoms with Crippen LogP contribution in [0.15, 0.2) is 22.7 Å². The van der Waals surface area contributed by atoms with Gasteiger partial charge in [-0.2, -0.15) is 0 Å². The summed E-state index contributed by atoms with van der Waals surface area (Å²) in [6.07, 6.45) is 3.40. The first-order valence-corrected chi connectivity index (χ1v) is 6.52. The summed E-state index contributed by atoms with van der Waals surface area (Å²) < 4.78 is 14.2.